The number of unbranched alkanes of at least 4 members (excludes halogenated alkanes) is 7. The number of esters is 2. The quantitative estimate of drug-likeness (QED) is 0.263. The third-order valence-electron chi connectivity index (χ3n) is 5.59. The number of nitrogens with two attached hydrogens (primary N) is 1. The van der Waals surface area contributed by atoms with Gasteiger partial charge in [-0.3, -0.25) is 4.79 Å². The van der Waals surface area contributed by atoms with Crippen molar-refractivity contribution in [3.63, 3.8) is 0 Å². The summed E-state index contributed by atoms with van der Waals surface area (Å²) in [7, 11) is 0. The molecule has 0 radical (unpaired) electrons. The third kappa shape index (κ3) is 6.11. The van der Waals surface area contributed by atoms with Gasteiger partial charge in [-0.15, -0.1) is 0 Å². The minimum absolute atomic E-state index is 0.128. The van der Waals surface area contributed by atoms with E-state index in [1.54, 1.807) is 0 Å². The monoisotopic (exact) mass is 417 g/mol. The van der Waals surface area contributed by atoms with Crippen molar-refractivity contribution in [2.24, 2.45) is 5.73 Å². The Kier molecular flexibility index (Phi) is 9.29. The fraction of sp³-hybridized carbons (Fsp3) is 0.900. The van der Waals surface area contributed by atoms with Crippen molar-refractivity contribution in [2.75, 3.05) is 6.61 Å². The predicted octanol–water partition coefficient (Wildman–Crippen LogP) is 0.512. The van der Waals surface area contributed by atoms with E-state index in [-0.39, 0.29) is 12.8 Å². The summed E-state index contributed by atoms with van der Waals surface area (Å²) in [5.41, 5.74) is 5.90. The van der Waals surface area contributed by atoms with Crippen molar-refractivity contribution in [1.29, 1.82) is 0 Å². The molecule has 2 rings (SSSR count). The summed E-state index contributed by atoms with van der Waals surface area (Å²) in [6, 6.07) is -0.964. The van der Waals surface area contributed by atoms with E-state index >= 15 is 0 Å². The molecule has 0 aliphatic carbocycles. The lowest BCUT2D eigenvalue weighted by Crippen LogP contribution is -2.71. The second-order valence-corrected chi connectivity index (χ2v) is 8.00. The summed E-state index contributed by atoms with van der Waals surface area (Å²) in [5, 5.41) is 29.3. The maximum atomic E-state index is 12.5. The lowest BCUT2D eigenvalue weighted by atomic mass is 9.87. The normalized spacial score (nSPS) is 32.5. The average Bonchev–Trinajstić information content (AvgIpc) is 2.69. The van der Waals surface area contributed by atoms with Gasteiger partial charge in [0.25, 0.3) is 0 Å². The Hall–Kier alpha value is -1.26. The van der Waals surface area contributed by atoms with Crippen LogP contribution in [0.4, 0.5) is 0 Å². The number of hydrogen-bond acceptors (Lipinski definition) is 9. The van der Waals surface area contributed by atoms with E-state index in [0.29, 0.717) is 6.42 Å². The van der Waals surface area contributed by atoms with Crippen LogP contribution in [0.1, 0.15) is 71.1 Å². The molecule has 5 N–H and O–H groups in total. The zero-order chi connectivity index (χ0) is 21.4. The number of aliphatic hydroxyl groups is 3. The van der Waals surface area contributed by atoms with Gasteiger partial charge in [0.05, 0.1) is 25.2 Å². The van der Waals surface area contributed by atoms with E-state index < -0.39 is 54.8 Å². The van der Waals surface area contributed by atoms with Crippen molar-refractivity contribution < 1.29 is 39.1 Å². The third-order valence-corrected chi connectivity index (χ3v) is 5.59. The van der Waals surface area contributed by atoms with Crippen LogP contribution in [0.2, 0.25) is 0 Å². The number of hydrogen-bond donors (Lipinski definition) is 4. The number of fused-ring (bicyclic) bond motifs is 2. The SMILES string of the molecule is CCCCCCCCCCC(=O)O[C@@]12C[C@H](O)[C@@H](N)[C@@H](O1)[C@@H]([C@H](O)CO)OC2=O. The Morgan fingerprint density at radius 2 is 1.86 bits per heavy atom. The smallest absolute Gasteiger partial charge is 0.380 e. The second kappa shape index (κ2) is 11.2. The van der Waals surface area contributed by atoms with E-state index in [4.69, 9.17) is 25.1 Å². The first kappa shape index (κ1) is 24.0. The second-order valence-electron chi connectivity index (χ2n) is 8.00. The molecule has 2 fully saturated rings. The van der Waals surface area contributed by atoms with E-state index in [9.17, 15) is 19.8 Å². The van der Waals surface area contributed by atoms with Crippen molar-refractivity contribution in [1.82, 2.24) is 0 Å². The minimum atomic E-state index is -2.07. The number of cyclic esters (lactones) is 1. The predicted molar refractivity (Wildman–Crippen MR) is 102 cm³/mol. The molecule has 2 aliphatic heterocycles. The molecule has 2 aliphatic rings. The van der Waals surface area contributed by atoms with Crippen LogP contribution in [-0.2, 0) is 23.8 Å². The van der Waals surface area contributed by atoms with Crippen LogP contribution in [0.25, 0.3) is 0 Å². The zero-order valence-electron chi connectivity index (χ0n) is 17.1. The highest BCUT2D eigenvalue weighted by atomic mass is 16.8. The largest absolute Gasteiger partial charge is 0.452 e. The molecule has 168 valence electrons. The van der Waals surface area contributed by atoms with E-state index in [0.717, 1.165) is 19.3 Å². The molecule has 9 heteroatoms. The van der Waals surface area contributed by atoms with Crippen molar-refractivity contribution >= 4 is 11.9 Å². The topological polar surface area (TPSA) is 149 Å². The first-order valence-electron chi connectivity index (χ1n) is 10.7. The maximum absolute atomic E-state index is 12.5. The molecular formula is C20H35NO8. The summed E-state index contributed by atoms with van der Waals surface area (Å²) >= 11 is 0. The molecule has 0 aromatic rings. The van der Waals surface area contributed by atoms with Gasteiger partial charge >= 0.3 is 17.7 Å². The molecule has 0 aromatic carbocycles. The Labute approximate surface area is 171 Å². The molecule has 2 heterocycles. The van der Waals surface area contributed by atoms with Gasteiger partial charge in [0.15, 0.2) is 6.10 Å². The number of rotatable bonds is 12. The Balaban J connectivity index is 1.85. The fourth-order valence-corrected chi connectivity index (χ4v) is 3.82. The molecule has 2 bridgehead atoms. The van der Waals surface area contributed by atoms with Crippen molar-refractivity contribution in [3.05, 3.63) is 0 Å². The number of carbonyl (C=O) groups excluding carboxylic acids is 2. The van der Waals surface area contributed by atoms with Crippen LogP contribution >= 0.6 is 0 Å². The van der Waals surface area contributed by atoms with Crippen LogP contribution in [0.3, 0.4) is 0 Å². The Morgan fingerprint density at radius 1 is 1.24 bits per heavy atom. The van der Waals surface area contributed by atoms with Crippen molar-refractivity contribution in [3.8, 4) is 0 Å². The van der Waals surface area contributed by atoms with Gasteiger partial charge in [-0.2, -0.15) is 0 Å². The molecule has 0 unspecified atom stereocenters. The van der Waals surface area contributed by atoms with Gasteiger partial charge in [0.1, 0.15) is 12.2 Å². The van der Waals surface area contributed by atoms with Crippen LogP contribution in [0.15, 0.2) is 0 Å². The summed E-state index contributed by atoms with van der Waals surface area (Å²) in [6.07, 6.45) is 3.40. The van der Waals surface area contributed by atoms with Crippen LogP contribution in [-0.4, -0.2) is 70.1 Å². The van der Waals surface area contributed by atoms with Crippen LogP contribution in [0, 0.1) is 0 Å². The molecule has 29 heavy (non-hydrogen) atoms. The first-order chi connectivity index (χ1) is 13.8. The van der Waals surface area contributed by atoms with E-state index in [1.807, 2.05) is 0 Å². The average molecular weight is 417 g/mol. The van der Waals surface area contributed by atoms with Gasteiger partial charge in [-0.25, -0.2) is 4.79 Å². The van der Waals surface area contributed by atoms with E-state index in [1.165, 1.54) is 25.7 Å². The molecule has 2 saturated heterocycles. The molecular weight excluding hydrogens is 382 g/mol. The van der Waals surface area contributed by atoms with Crippen molar-refractivity contribution in [2.45, 2.75) is 107 Å². The summed E-state index contributed by atoms with van der Waals surface area (Å²) < 4.78 is 16.1. The highest BCUT2D eigenvalue weighted by Crippen LogP contribution is 2.38. The lowest BCUT2D eigenvalue weighted by molar-refractivity contribution is -0.332. The number of aliphatic hydroxyl groups excluding tert-OH is 3. The Morgan fingerprint density at radius 3 is 2.48 bits per heavy atom. The lowest BCUT2D eigenvalue weighted by Gasteiger charge is -2.50. The van der Waals surface area contributed by atoms with Gasteiger partial charge in [0.2, 0.25) is 0 Å². The molecule has 6 atom stereocenters. The maximum Gasteiger partial charge on any atom is 0.380 e. The zero-order valence-corrected chi connectivity index (χ0v) is 17.1. The molecule has 9 nitrogen and oxygen atoms in total. The minimum Gasteiger partial charge on any atom is -0.452 e. The Bertz CT molecular complexity index is 545. The number of carbonyl (C=O) groups is 2. The molecule has 0 saturated carbocycles. The summed E-state index contributed by atoms with van der Waals surface area (Å²) in [6.45, 7) is 1.50. The van der Waals surface area contributed by atoms with Crippen LogP contribution < -0.4 is 5.73 Å². The molecule has 0 spiro atoms. The highest BCUT2D eigenvalue weighted by molar-refractivity contribution is 5.83. The summed E-state index contributed by atoms with van der Waals surface area (Å²) in [4.78, 5) is 24.8. The first-order valence-corrected chi connectivity index (χ1v) is 10.7. The fourth-order valence-electron chi connectivity index (χ4n) is 3.82. The number of ether oxygens (including phenoxy) is 3. The molecule has 0 amide bonds. The van der Waals surface area contributed by atoms with E-state index in [2.05, 4.69) is 6.92 Å². The van der Waals surface area contributed by atoms with Crippen LogP contribution in [0.5, 0.6) is 0 Å². The van der Waals surface area contributed by atoms with Gasteiger partial charge in [-0.1, -0.05) is 51.9 Å². The highest BCUT2D eigenvalue weighted by Gasteiger charge is 2.62. The summed E-state index contributed by atoms with van der Waals surface area (Å²) in [5.74, 6) is -3.69. The standard InChI is InChI=1S/C20H35NO8/c1-2-3-4-5-6-7-8-9-10-15(25)28-20-11-13(23)16(21)18(29-20)17(14(24)12-22)27-19(20)26/h13-14,16-18,22-24H,2-12,21H2,1H3/t13-,14+,16+,17+,18+,20-/m0/s1. The van der Waals surface area contributed by atoms with Gasteiger partial charge in [0, 0.05) is 6.42 Å². The molecule has 0 aromatic heterocycles. The van der Waals surface area contributed by atoms with Gasteiger partial charge in [-0.05, 0) is 6.42 Å². The van der Waals surface area contributed by atoms with Gasteiger partial charge < -0.3 is 35.3 Å².